The summed E-state index contributed by atoms with van der Waals surface area (Å²) in [4.78, 5) is 0. The van der Waals surface area contributed by atoms with Crippen LogP contribution < -0.4 is 5.32 Å². The molecule has 1 aromatic rings. The fourth-order valence-electron chi connectivity index (χ4n) is 2.25. The fourth-order valence-corrected chi connectivity index (χ4v) is 2.25. The van der Waals surface area contributed by atoms with E-state index in [1.807, 2.05) is 13.8 Å². The van der Waals surface area contributed by atoms with Gasteiger partial charge in [-0.15, -0.1) is 0 Å². The quantitative estimate of drug-likeness (QED) is 0.817. The number of halogens is 1. The Balaban J connectivity index is 2.48. The number of rotatable bonds is 6. The van der Waals surface area contributed by atoms with E-state index >= 15 is 0 Å². The second kappa shape index (κ2) is 6.30. The van der Waals surface area contributed by atoms with Gasteiger partial charge in [-0.2, -0.15) is 0 Å². The summed E-state index contributed by atoms with van der Waals surface area (Å²) in [7, 11) is 0. The molecule has 0 aliphatic carbocycles. The molecule has 0 aromatic heterocycles. The number of hydrogen-bond acceptors (Lipinski definition) is 2. The Hall–Kier alpha value is -0.930. The summed E-state index contributed by atoms with van der Waals surface area (Å²) in [5, 5.41) is 13.3. The van der Waals surface area contributed by atoms with Crippen LogP contribution in [0.5, 0.6) is 0 Å². The largest absolute Gasteiger partial charge is 0.389 e. The van der Waals surface area contributed by atoms with Gasteiger partial charge in [-0.1, -0.05) is 19.9 Å². The lowest BCUT2D eigenvalue weighted by molar-refractivity contribution is 0.0383. The molecule has 0 aliphatic rings. The zero-order chi connectivity index (χ0) is 13.8. The van der Waals surface area contributed by atoms with E-state index in [0.29, 0.717) is 19.0 Å². The Morgan fingerprint density at radius 3 is 2.67 bits per heavy atom. The smallest absolute Gasteiger partial charge is 0.123 e. The van der Waals surface area contributed by atoms with Crippen LogP contribution in [0.3, 0.4) is 0 Å². The molecular weight excluding hydrogens is 229 g/mol. The maximum absolute atomic E-state index is 13.1. The molecule has 0 heterocycles. The van der Waals surface area contributed by atoms with Gasteiger partial charge in [0, 0.05) is 13.1 Å². The maximum atomic E-state index is 13.1. The van der Waals surface area contributed by atoms with Crippen LogP contribution in [0.15, 0.2) is 18.2 Å². The van der Waals surface area contributed by atoms with Crippen molar-refractivity contribution in [1.29, 1.82) is 0 Å². The van der Waals surface area contributed by atoms with E-state index in [-0.39, 0.29) is 5.82 Å². The van der Waals surface area contributed by atoms with Gasteiger partial charge in [0.05, 0.1) is 5.60 Å². The van der Waals surface area contributed by atoms with Crippen LogP contribution in [-0.4, -0.2) is 17.3 Å². The van der Waals surface area contributed by atoms with Crippen LogP contribution >= 0.6 is 0 Å². The summed E-state index contributed by atoms with van der Waals surface area (Å²) < 4.78 is 13.1. The summed E-state index contributed by atoms with van der Waals surface area (Å²) in [6.07, 6.45) is 0.752. The van der Waals surface area contributed by atoms with Crippen molar-refractivity contribution < 1.29 is 9.50 Å². The molecule has 0 bridgehead atoms. The highest BCUT2D eigenvalue weighted by Crippen LogP contribution is 2.16. The maximum Gasteiger partial charge on any atom is 0.123 e. The predicted octanol–water partition coefficient (Wildman–Crippen LogP) is 3.02. The van der Waals surface area contributed by atoms with Gasteiger partial charge in [0.2, 0.25) is 0 Å². The molecule has 1 aromatic carbocycles. The lowest BCUT2D eigenvalue weighted by Gasteiger charge is -2.25. The molecule has 1 atom stereocenters. The van der Waals surface area contributed by atoms with Crippen LogP contribution in [0, 0.1) is 18.7 Å². The Bertz CT molecular complexity index is 388. The van der Waals surface area contributed by atoms with Crippen molar-refractivity contribution in [1.82, 2.24) is 5.32 Å². The van der Waals surface area contributed by atoms with Crippen LogP contribution in [0.2, 0.25) is 0 Å². The summed E-state index contributed by atoms with van der Waals surface area (Å²) in [5.74, 6) is 0.240. The Kier molecular flexibility index (Phi) is 5.29. The highest BCUT2D eigenvalue weighted by molar-refractivity contribution is 5.26. The van der Waals surface area contributed by atoms with E-state index in [4.69, 9.17) is 0 Å². The first-order chi connectivity index (χ1) is 8.30. The van der Waals surface area contributed by atoms with Gasteiger partial charge in [-0.05, 0) is 49.4 Å². The lowest BCUT2D eigenvalue weighted by Crippen LogP contribution is -2.38. The van der Waals surface area contributed by atoms with Gasteiger partial charge >= 0.3 is 0 Å². The first kappa shape index (κ1) is 15.1. The van der Waals surface area contributed by atoms with Crippen molar-refractivity contribution in [3.63, 3.8) is 0 Å². The van der Waals surface area contributed by atoms with Crippen molar-refractivity contribution in [2.24, 2.45) is 5.92 Å². The van der Waals surface area contributed by atoms with Crippen molar-refractivity contribution in [2.75, 3.05) is 6.54 Å². The van der Waals surface area contributed by atoms with E-state index in [0.717, 1.165) is 17.5 Å². The topological polar surface area (TPSA) is 32.3 Å². The number of aliphatic hydroxyl groups is 1. The molecule has 0 fully saturated rings. The van der Waals surface area contributed by atoms with E-state index in [1.165, 1.54) is 6.07 Å². The lowest BCUT2D eigenvalue weighted by atomic mass is 9.94. The van der Waals surface area contributed by atoms with Crippen molar-refractivity contribution >= 4 is 0 Å². The second-order valence-electron chi connectivity index (χ2n) is 5.77. The first-order valence-electron chi connectivity index (χ1n) is 6.48. The van der Waals surface area contributed by atoms with Gasteiger partial charge in [-0.25, -0.2) is 4.39 Å². The molecular formula is C15H24FNO. The molecule has 0 aliphatic heterocycles. The highest BCUT2D eigenvalue weighted by Gasteiger charge is 2.21. The van der Waals surface area contributed by atoms with E-state index in [1.54, 1.807) is 12.1 Å². The molecule has 0 radical (unpaired) electrons. The first-order valence-corrected chi connectivity index (χ1v) is 6.48. The molecule has 0 saturated carbocycles. The zero-order valence-corrected chi connectivity index (χ0v) is 11.8. The van der Waals surface area contributed by atoms with Gasteiger partial charge in [0.25, 0.3) is 0 Å². The van der Waals surface area contributed by atoms with Crippen LogP contribution in [0.1, 0.15) is 38.3 Å². The van der Waals surface area contributed by atoms with Gasteiger partial charge < -0.3 is 10.4 Å². The van der Waals surface area contributed by atoms with Crippen LogP contribution in [0.25, 0.3) is 0 Å². The van der Waals surface area contributed by atoms with Crippen molar-refractivity contribution in [3.05, 3.63) is 35.1 Å². The van der Waals surface area contributed by atoms with Gasteiger partial charge in [0.15, 0.2) is 0 Å². The molecule has 2 N–H and O–H groups in total. The van der Waals surface area contributed by atoms with E-state index in [9.17, 15) is 9.50 Å². The molecule has 0 amide bonds. The summed E-state index contributed by atoms with van der Waals surface area (Å²) in [6.45, 7) is 9.07. The predicted molar refractivity (Wildman–Crippen MR) is 72.9 cm³/mol. The van der Waals surface area contributed by atoms with Crippen LogP contribution in [-0.2, 0) is 6.54 Å². The van der Waals surface area contributed by atoms with E-state index < -0.39 is 5.60 Å². The molecule has 2 nitrogen and oxygen atoms in total. The van der Waals surface area contributed by atoms with Gasteiger partial charge in [-0.3, -0.25) is 0 Å². The number of aryl methyl sites for hydroxylation is 1. The Morgan fingerprint density at radius 1 is 1.39 bits per heavy atom. The second-order valence-corrected chi connectivity index (χ2v) is 5.77. The normalized spacial score (nSPS) is 14.8. The average molecular weight is 253 g/mol. The molecule has 1 unspecified atom stereocenters. The third kappa shape index (κ3) is 5.15. The fraction of sp³-hybridized carbons (Fsp3) is 0.600. The Labute approximate surface area is 109 Å². The average Bonchev–Trinajstić information content (AvgIpc) is 2.21. The minimum Gasteiger partial charge on any atom is -0.389 e. The summed E-state index contributed by atoms with van der Waals surface area (Å²) >= 11 is 0. The van der Waals surface area contributed by atoms with Crippen molar-refractivity contribution in [3.8, 4) is 0 Å². The number of nitrogens with one attached hydrogen (secondary N) is 1. The highest BCUT2D eigenvalue weighted by atomic mass is 19.1. The minimum atomic E-state index is -0.713. The summed E-state index contributed by atoms with van der Waals surface area (Å²) in [5.41, 5.74) is 1.29. The van der Waals surface area contributed by atoms with Crippen molar-refractivity contribution in [2.45, 2.75) is 46.3 Å². The van der Waals surface area contributed by atoms with E-state index in [2.05, 4.69) is 19.2 Å². The molecule has 1 rings (SSSR count). The zero-order valence-electron chi connectivity index (χ0n) is 11.8. The summed E-state index contributed by atoms with van der Waals surface area (Å²) in [6, 6.07) is 4.78. The third-order valence-corrected chi connectivity index (χ3v) is 2.98. The minimum absolute atomic E-state index is 0.216. The van der Waals surface area contributed by atoms with Crippen LogP contribution in [0.4, 0.5) is 4.39 Å². The van der Waals surface area contributed by atoms with Gasteiger partial charge in [0.1, 0.15) is 5.82 Å². The Morgan fingerprint density at radius 2 is 2.06 bits per heavy atom. The number of hydrogen-bond donors (Lipinski definition) is 2. The molecule has 0 spiro atoms. The third-order valence-electron chi connectivity index (χ3n) is 2.98. The molecule has 102 valence electrons. The number of benzene rings is 1. The molecule has 3 heteroatoms. The SMILES string of the molecule is Cc1ccc(F)cc1CNCC(C)(O)CC(C)C. The molecule has 0 saturated heterocycles. The molecule has 18 heavy (non-hydrogen) atoms. The standard InChI is InChI=1S/C15H24FNO/c1-11(2)8-15(4,18)10-17-9-13-7-14(16)6-5-12(13)3/h5-7,11,17-18H,8-10H2,1-4H3. The monoisotopic (exact) mass is 253 g/mol.